The van der Waals surface area contributed by atoms with Crippen LogP contribution in [-0.2, 0) is 14.8 Å². The molecule has 3 N–H and O–H groups in total. The highest BCUT2D eigenvalue weighted by atomic mass is 32.2. The highest BCUT2D eigenvalue weighted by molar-refractivity contribution is 7.89. The van der Waals surface area contributed by atoms with Gasteiger partial charge in [-0.25, -0.2) is 18.4 Å². The van der Waals surface area contributed by atoms with Gasteiger partial charge in [-0.1, -0.05) is 0 Å². The number of primary sulfonamides is 1. The van der Waals surface area contributed by atoms with Crippen LogP contribution < -0.4 is 19.9 Å². The molecular weight excluding hydrogens is 348 g/mol. The third-order valence-electron chi connectivity index (χ3n) is 3.77. The lowest BCUT2D eigenvalue weighted by molar-refractivity contribution is 0.0435. The number of methoxy groups -OCH3 is 2. The highest BCUT2D eigenvalue weighted by Gasteiger charge is 2.35. The molecule has 1 unspecified atom stereocenters. The van der Waals surface area contributed by atoms with Crippen molar-refractivity contribution in [1.82, 2.24) is 0 Å². The lowest BCUT2D eigenvalue weighted by Gasteiger charge is -2.15. The zero-order valence-electron chi connectivity index (χ0n) is 13.5. The van der Waals surface area contributed by atoms with E-state index in [1.165, 1.54) is 38.5 Å². The molecule has 1 aliphatic rings. The Labute approximate surface area is 144 Å². The number of nitrogens with one attached hydrogen (secondary N) is 1. The molecular formula is C16H16N2O6S. The summed E-state index contributed by atoms with van der Waals surface area (Å²) in [6.45, 7) is 0. The zero-order chi connectivity index (χ0) is 18.2. The number of nitrogens with two attached hydrogens (primary N) is 1. The van der Waals surface area contributed by atoms with Gasteiger partial charge in [0.15, 0.2) is 11.5 Å². The monoisotopic (exact) mass is 364 g/mol. The molecule has 8 nitrogen and oxygen atoms in total. The number of hydrogen-bond donors (Lipinski definition) is 2. The molecule has 0 bridgehead atoms. The molecule has 0 radical (unpaired) electrons. The summed E-state index contributed by atoms with van der Waals surface area (Å²) in [5.74, 6) is 0.194. The smallest absolute Gasteiger partial charge is 0.344 e. The van der Waals surface area contributed by atoms with E-state index in [1.54, 1.807) is 12.1 Å². The van der Waals surface area contributed by atoms with Gasteiger partial charge in [-0.3, -0.25) is 0 Å². The fraction of sp³-hybridized carbons (Fsp3) is 0.188. The first-order chi connectivity index (χ1) is 11.8. The van der Waals surface area contributed by atoms with E-state index >= 15 is 0 Å². The first-order valence-corrected chi connectivity index (χ1v) is 8.75. The van der Waals surface area contributed by atoms with Crippen LogP contribution in [0.2, 0.25) is 0 Å². The molecule has 3 rings (SSSR count). The summed E-state index contributed by atoms with van der Waals surface area (Å²) in [5, 5.41) is 8.09. The molecule has 132 valence electrons. The third kappa shape index (κ3) is 3.11. The van der Waals surface area contributed by atoms with E-state index in [2.05, 4.69) is 5.32 Å². The topological polar surface area (TPSA) is 117 Å². The lowest BCUT2D eigenvalue weighted by atomic mass is 10.1. The average molecular weight is 364 g/mol. The van der Waals surface area contributed by atoms with Crippen molar-refractivity contribution in [3.8, 4) is 11.5 Å². The van der Waals surface area contributed by atoms with Crippen molar-refractivity contribution in [1.29, 1.82) is 0 Å². The summed E-state index contributed by atoms with van der Waals surface area (Å²) < 4.78 is 38.4. The number of carbonyl (C=O) groups is 1. The zero-order valence-corrected chi connectivity index (χ0v) is 14.3. The number of hydrogen-bond acceptors (Lipinski definition) is 7. The van der Waals surface area contributed by atoms with E-state index in [1.807, 2.05) is 0 Å². The Morgan fingerprint density at radius 2 is 1.76 bits per heavy atom. The molecule has 0 saturated carbocycles. The van der Waals surface area contributed by atoms with Gasteiger partial charge in [0, 0.05) is 11.3 Å². The van der Waals surface area contributed by atoms with Gasteiger partial charge < -0.3 is 19.5 Å². The van der Waals surface area contributed by atoms with Crippen LogP contribution in [0.1, 0.15) is 22.1 Å². The quantitative estimate of drug-likeness (QED) is 0.774. The van der Waals surface area contributed by atoms with Gasteiger partial charge in [-0.2, -0.15) is 0 Å². The molecule has 1 aliphatic heterocycles. The van der Waals surface area contributed by atoms with E-state index in [4.69, 9.17) is 19.3 Å². The lowest BCUT2D eigenvalue weighted by Crippen LogP contribution is -2.13. The summed E-state index contributed by atoms with van der Waals surface area (Å²) >= 11 is 0. The summed E-state index contributed by atoms with van der Waals surface area (Å²) in [6.07, 6.45) is -0.734. The van der Waals surface area contributed by atoms with Crippen LogP contribution in [0.5, 0.6) is 11.5 Å². The summed E-state index contributed by atoms with van der Waals surface area (Å²) in [7, 11) is -0.842. The number of fused-ring (bicyclic) bond motifs is 1. The second-order valence-electron chi connectivity index (χ2n) is 5.26. The fourth-order valence-electron chi connectivity index (χ4n) is 2.60. The van der Waals surface area contributed by atoms with Crippen LogP contribution in [0.15, 0.2) is 41.3 Å². The number of rotatable bonds is 5. The van der Waals surface area contributed by atoms with Crippen LogP contribution in [0.25, 0.3) is 0 Å². The molecule has 9 heteroatoms. The van der Waals surface area contributed by atoms with Gasteiger partial charge >= 0.3 is 5.97 Å². The number of sulfonamides is 1. The van der Waals surface area contributed by atoms with Crippen molar-refractivity contribution < 1.29 is 27.4 Å². The maximum Gasteiger partial charge on any atom is 0.344 e. The Balaban J connectivity index is 1.91. The first-order valence-electron chi connectivity index (χ1n) is 7.20. The van der Waals surface area contributed by atoms with Crippen molar-refractivity contribution in [2.75, 3.05) is 19.5 Å². The molecule has 0 aliphatic carbocycles. The summed E-state index contributed by atoms with van der Waals surface area (Å²) in [5.41, 5.74) is 1.45. The van der Waals surface area contributed by atoms with Gasteiger partial charge in [0.1, 0.15) is 5.56 Å². The Morgan fingerprint density at radius 1 is 1.08 bits per heavy atom. The third-order valence-corrected chi connectivity index (χ3v) is 4.70. The number of anilines is 1. The number of benzene rings is 2. The second kappa shape index (κ2) is 6.26. The fourth-order valence-corrected chi connectivity index (χ4v) is 3.12. The van der Waals surface area contributed by atoms with Crippen LogP contribution in [-0.4, -0.2) is 28.6 Å². The molecule has 0 aromatic heterocycles. The number of cyclic esters (lactones) is 1. The Hall–Kier alpha value is -2.78. The predicted octanol–water partition coefficient (Wildman–Crippen LogP) is 1.63. The number of ether oxygens (including phenoxy) is 3. The Kier molecular flexibility index (Phi) is 4.27. The molecule has 0 amide bonds. The molecule has 2 aromatic carbocycles. The molecule has 25 heavy (non-hydrogen) atoms. The number of esters is 1. The van der Waals surface area contributed by atoms with Crippen molar-refractivity contribution in [2.24, 2.45) is 5.14 Å². The van der Waals surface area contributed by atoms with E-state index in [-0.39, 0.29) is 4.90 Å². The maximum absolute atomic E-state index is 12.2. The van der Waals surface area contributed by atoms with Gasteiger partial charge in [-0.05, 0) is 36.4 Å². The number of carbonyl (C=O) groups excluding carboxylic acids is 1. The van der Waals surface area contributed by atoms with E-state index in [9.17, 15) is 13.2 Å². The molecule has 1 heterocycles. The predicted molar refractivity (Wildman–Crippen MR) is 89.1 cm³/mol. The molecule has 0 fully saturated rings. The van der Waals surface area contributed by atoms with E-state index < -0.39 is 22.2 Å². The van der Waals surface area contributed by atoms with Crippen molar-refractivity contribution in [2.45, 2.75) is 11.1 Å². The SMILES string of the molecule is COc1ccc2c(c1OC)C(=O)OC2Nc1ccc(S(N)(=O)=O)cc1. The standard InChI is InChI=1S/C16H16N2O6S/c1-22-12-8-7-11-13(14(12)23-2)16(19)24-15(11)18-9-3-5-10(6-4-9)25(17,20)21/h3-8,15,18H,1-2H3,(H2,17,20,21). The second-order valence-corrected chi connectivity index (χ2v) is 6.83. The van der Waals surface area contributed by atoms with Crippen LogP contribution >= 0.6 is 0 Å². The summed E-state index contributed by atoms with van der Waals surface area (Å²) in [6, 6.07) is 9.18. The normalized spacial score (nSPS) is 16.1. The van der Waals surface area contributed by atoms with Gasteiger partial charge in [-0.15, -0.1) is 0 Å². The minimum atomic E-state index is -3.76. The molecule has 0 spiro atoms. The van der Waals surface area contributed by atoms with Crippen LogP contribution in [0.4, 0.5) is 5.69 Å². The Morgan fingerprint density at radius 3 is 2.32 bits per heavy atom. The van der Waals surface area contributed by atoms with Crippen LogP contribution in [0, 0.1) is 0 Å². The van der Waals surface area contributed by atoms with Crippen molar-refractivity contribution in [3.05, 3.63) is 47.5 Å². The van der Waals surface area contributed by atoms with Crippen molar-refractivity contribution in [3.63, 3.8) is 0 Å². The first kappa shape index (κ1) is 17.1. The van der Waals surface area contributed by atoms with Gasteiger partial charge in [0.2, 0.25) is 16.3 Å². The molecule has 0 saturated heterocycles. The molecule has 1 atom stereocenters. The minimum absolute atomic E-state index is 0.00623. The largest absolute Gasteiger partial charge is 0.493 e. The van der Waals surface area contributed by atoms with Gasteiger partial charge in [0.25, 0.3) is 0 Å². The Bertz CT molecular complexity index is 924. The van der Waals surface area contributed by atoms with E-state index in [0.29, 0.717) is 28.3 Å². The minimum Gasteiger partial charge on any atom is -0.493 e. The van der Waals surface area contributed by atoms with E-state index in [0.717, 1.165) is 0 Å². The van der Waals surface area contributed by atoms with Crippen molar-refractivity contribution >= 4 is 21.7 Å². The highest BCUT2D eigenvalue weighted by Crippen LogP contribution is 2.42. The molecule has 2 aromatic rings. The van der Waals surface area contributed by atoms with Crippen LogP contribution in [0.3, 0.4) is 0 Å². The maximum atomic E-state index is 12.2. The van der Waals surface area contributed by atoms with Gasteiger partial charge in [0.05, 0.1) is 19.1 Å². The summed E-state index contributed by atoms with van der Waals surface area (Å²) in [4.78, 5) is 12.2. The average Bonchev–Trinajstić information content (AvgIpc) is 2.89.